The fourth-order valence-corrected chi connectivity index (χ4v) is 4.21. The molecule has 0 aliphatic carbocycles. The Morgan fingerprint density at radius 3 is 2.36 bits per heavy atom. The smallest absolute Gasteiger partial charge is 0.251 e. The van der Waals surface area contributed by atoms with Gasteiger partial charge in [0.1, 0.15) is 11.5 Å². The number of para-hydroxylation sites is 2. The predicted octanol–water partition coefficient (Wildman–Crippen LogP) is 3.99. The van der Waals surface area contributed by atoms with Gasteiger partial charge < -0.3 is 14.8 Å². The van der Waals surface area contributed by atoms with Gasteiger partial charge in [-0.15, -0.1) is 0 Å². The zero-order chi connectivity index (χ0) is 23.8. The van der Waals surface area contributed by atoms with E-state index in [1.165, 1.54) is 4.31 Å². The van der Waals surface area contributed by atoms with Gasteiger partial charge in [-0.2, -0.15) is 0 Å². The summed E-state index contributed by atoms with van der Waals surface area (Å²) in [6, 6.07) is 21.4. The molecule has 0 saturated heterocycles. The first kappa shape index (κ1) is 24.1. The number of ether oxygens (including phenoxy) is 2. The van der Waals surface area contributed by atoms with Crippen molar-refractivity contribution in [2.24, 2.45) is 0 Å². The number of carbonyl (C=O) groups is 1. The van der Waals surface area contributed by atoms with Gasteiger partial charge in [-0.05, 0) is 54.4 Å². The van der Waals surface area contributed by atoms with Crippen LogP contribution in [0.3, 0.4) is 0 Å². The van der Waals surface area contributed by atoms with Crippen LogP contribution in [0, 0.1) is 0 Å². The van der Waals surface area contributed by atoms with Crippen LogP contribution in [0.1, 0.15) is 28.4 Å². The third-order valence-electron chi connectivity index (χ3n) is 4.96. The van der Waals surface area contributed by atoms with Crippen molar-refractivity contribution < 1.29 is 22.7 Å². The number of amides is 1. The topological polar surface area (TPSA) is 84.9 Å². The fraction of sp³-hybridized carbons (Fsp3) is 0.240. The van der Waals surface area contributed by atoms with Crippen molar-refractivity contribution in [1.29, 1.82) is 0 Å². The van der Waals surface area contributed by atoms with Crippen LogP contribution >= 0.6 is 0 Å². The Bertz CT molecular complexity index is 1190. The molecular formula is C25H28N2O5S. The zero-order valence-corrected chi connectivity index (χ0v) is 19.8. The lowest BCUT2D eigenvalue weighted by Crippen LogP contribution is -2.29. The lowest BCUT2D eigenvalue weighted by atomic mass is 10.1. The molecule has 0 saturated carbocycles. The molecule has 3 aromatic carbocycles. The van der Waals surface area contributed by atoms with Crippen molar-refractivity contribution in [3.63, 3.8) is 0 Å². The number of rotatable bonds is 10. The second-order valence-corrected chi connectivity index (χ2v) is 9.31. The lowest BCUT2D eigenvalue weighted by molar-refractivity contribution is 0.0951. The Morgan fingerprint density at radius 2 is 1.70 bits per heavy atom. The molecule has 0 spiro atoms. The molecule has 3 rings (SSSR count). The Morgan fingerprint density at radius 1 is 0.970 bits per heavy atom. The van der Waals surface area contributed by atoms with E-state index < -0.39 is 10.0 Å². The van der Waals surface area contributed by atoms with E-state index in [9.17, 15) is 13.2 Å². The first-order valence-electron chi connectivity index (χ1n) is 10.5. The molecule has 0 unspecified atom stereocenters. The molecule has 8 heteroatoms. The van der Waals surface area contributed by atoms with Crippen LogP contribution in [0.15, 0.2) is 72.8 Å². The molecule has 0 fully saturated rings. The number of nitrogens with zero attached hydrogens (tertiary/aromatic N) is 1. The SMILES string of the molecule is CCOc1ccccc1N(Cc1ccc(C(=O)NCc2cccc(OC)c2)cc1)S(C)(=O)=O. The van der Waals surface area contributed by atoms with Crippen molar-refractivity contribution in [2.45, 2.75) is 20.0 Å². The van der Waals surface area contributed by atoms with Gasteiger partial charge in [-0.3, -0.25) is 9.10 Å². The number of hydrogen-bond donors (Lipinski definition) is 1. The lowest BCUT2D eigenvalue weighted by Gasteiger charge is -2.24. The zero-order valence-electron chi connectivity index (χ0n) is 18.9. The highest BCUT2D eigenvalue weighted by molar-refractivity contribution is 7.92. The molecule has 0 heterocycles. The molecule has 0 atom stereocenters. The summed E-state index contributed by atoms with van der Waals surface area (Å²) >= 11 is 0. The predicted molar refractivity (Wildman–Crippen MR) is 129 cm³/mol. The van der Waals surface area contributed by atoms with Gasteiger partial charge in [-0.1, -0.05) is 36.4 Å². The largest absolute Gasteiger partial charge is 0.497 e. The van der Waals surface area contributed by atoms with E-state index in [0.29, 0.717) is 30.2 Å². The number of sulfonamides is 1. The van der Waals surface area contributed by atoms with E-state index in [1.807, 2.05) is 31.2 Å². The first-order valence-corrected chi connectivity index (χ1v) is 12.4. The average molecular weight is 469 g/mol. The molecule has 1 amide bonds. The van der Waals surface area contributed by atoms with Crippen LogP contribution in [-0.2, 0) is 23.1 Å². The van der Waals surface area contributed by atoms with Crippen LogP contribution in [0.25, 0.3) is 0 Å². The van der Waals surface area contributed by atoms with Gasteiger partial charge in [0.2, 0.25) is 10.0 Å². The first-order chi connectivity index (χ1) is 15.8. The molecule has 0 aliphatic rings. The molecule has 7 nitrogen and oxygen atoms in total. The standard InChI is InChI=1S/C25H28N2O5S/c1-4-32-24-11-6-5-10-23(24)27(33(3,29)30)18-19-12-14-21(15-13-19)25(28)26-17-20-8-7-9-22(16-20)31-2/h5-16H,4,17-18H2,1-3H3,(H,26,28). The number of anilines is 1. The normalized spacial score (nSPS) is 11.0. The third-order valence-corrected chi connectivity index (χ3v) is 6.09. The Labute approximate surface area is 195 Å². The second-order valence-electron chi connectivity index (χ2n) is 7.40. The molecular weight excluding hydrogens is 440 g/mol. The summed E-state index contributed by atoms with van der Waals surface area (Å²) in [5.41, 5.74) is 2.64. The van der Waals surface area contributed by atoms with E-state index in [-0.39, 0.29) is 12.5 Å². The molecule has 0 aromatic heterocycles. The van der Waals surface area contributed by atoms with Crippen molar-refractivity contribution in [2.75, 3.05) is 24.3 Å². The molecule has 1 N–H and O–H groups in total. The maximum Gasteiger partial charge on any atom is 0.251 e. The summed E-state index contributed by atoms with van der Waals surface area (Å²) in [5, 5.41) is 2.88. The monoisotopic (exact) mass is 468 g/mol. The number of carbonyl (C=O) groups excluding carboxylic acids is 1. The van der Waals surface area contributed by atoms with Crippen LogP contribution in [0.4, 0.5) is 5.69 Å². The van der Waals surface area contributed by atoms with Crippen LogP contribution < -0.4 is 19.1 Å². The third kappa shape index (κ3) is 6.49. The minimum absolute atomic E-state index is 0.120. The number of nitrogens with one attached hydrogen (secondary N) is 1. The summed E-state index contributed by atoms with van der Waals surface area (Å²) in [5.74, 6) is 1.01. The van der Waals surface area contributed by atoms with Crippen LogP contribution in [0.5, 0.6) is 11.5 Å². The van der Waals surface area contributed by atoms with Crippen LogP contribution in [0.2, 0.25) is 0 Å². The van der Waals surface area contributed by atoms with Crippen molar-refractivity contribution in [3.8, 4) is 11.5 Å². The van der Waals surface area contributed by atoms with Gasteiger partial charge >= 0.3 is 0 Å². The molecule has 174 valence electrons. The van der Waals surface area contributed by atoms with Gasteiger partial charge in [0.15, 0.2) is 0 Å². The average Bonchev–Trinajstić information content (AvgIpc) is 2.81. The minimum Gasteiger partial charge on any atom is -0.497 e. The molecule has 3 aromatic rings. The summed E-state index contributed by atoms with van der Waals surface area (Å²) in [7, 11) is -1.97. The number of hydrogen-bond acceptors (Lipinski definition) is 5. The van der Waals surface area contributed by atoms with E-state index >= 15 is 0 Å². The maximum atomic E-state index is 12.5. The highest BCUT2D eigenvalue weighted by Crippen LogP contribution is 2.31. The Balaban J connectivity index is 1.72. The minimum atomic E-state index is -3.56. The highest BCUT2D eigenvalue weighted by atomic mass is 32.2. The molecule has 33 heavy (non-hydrogen) atoms. The molecule has 0 radical (unpaired) electrons. The summed E-state index contributed by atoms with van der Waals surface area (Å²) in [6.45, 7) is 2.76. The van der Waals surface area contributed by atoms with Crippen molar-refractivity contribution >= 4 is 21.6 Å². The Hall–Kier alpha value is -3.52. The van der Waals surface area contributed by atoms with Gasteiger partial charge in [0.25, 0.3) is 5.91 Å². The summed E-state index contributed by atoms with van der Waals surface area (Å²) in [6.07, 6.45) is 1.16. The maximum absolute atomic E-state index is 12.5. The van der Waals surface area contributed by atoms with E-state index in [2.05, 4.69) is 5.32 Å². The van der Waals surface area contributed by atoms with Crippen molar-refractivity contribution in [1.82, 2.24) is 5.32 Å². The number of benzene rings is 3. The quantitative estimate of drug-likeness (QED) is 0.486. The Kier molecular flexibility index (Phi) is 7.95. The van der Waals surface area contributed by atoms with Gasteiger partial charge in [-0.25, -0.2) is 8.42 Å². The summed E-state index contributed by atoms with van der Waals surface area (Å²) < 4.78 is 37.2. The van der Waals surface area contributed by atoms with Gasteiger partial charge in [0.05, 0.1) is 32.2 Å². The molecule has 0 bridgehead atoms. The van der Waals surface area contributed by atoms with Crippen molar-refractivity contribution in [3.05, 3.63) is 89.5 Å². The van der Waals surface area contributed by atoms with Crippen LogP contribution in [-0.4, -0.2) is 34.3 Å². The number of methoxy groups -OCH3 is 1. The highest BCUT2D eigenvalue weighted by Gasteiger charge is 2.21. The fourth-order valence-electron chi connectivity index (χ4n) is 3.32. The van der Waals surface area contributed by atoms with Gasteiger partial charge in [0, 0.05) is 12.1 Å². The second kappa shape index (κ2) is 10.9. The van der Waals surface area contributed by atoms with E-state index in [1.54, 1.807) is 55.6 Å². The van der Waals surface area contributed by atoms with E-state index in [0.717, 1.165) is 23.1 Å². The van der Waals surface area contributed by atoms with E-state index in [4.69, 9.17) is 9.47 Å². The molecule has 0 aliphatic heterocycles. The summed E-state index contributed by atoms with van der Waals surface area (Å²) in [4.78, 5) is 12.5.